The highest BCUT2D eigenvalue weighted by Gasteiger charge is 2.15. The molecule has 1 aliphatic rings. The Morgan fingerprint density at radius 2 is 1.96 bits per heavy atom. The molecular formula is C17H18N6. The Labute approximate surface area is 134 Å². The molecular weight excluding hydrogens is 288 g/mol. The van der Waals surface area contributed by atoms with E-state index in [1.807, 2.05) is 48.8 Å². The zero-order valence-electron chi connectivity index (χ0n) is 13.3. The first kappa shape index (κ1) is 13.9. The number of pyridine rings is 1. The van der Waals surface area contributed by atoms with Gasteiger partial charge in [0.25, 0.3) is 0 Å². The van der Waals surface area contributed by atoms with E-state index in [1.54, 1.807) is 0 Å². The van der Waals surface area contributed by atoms with E-state index < -0.39 is 0 Å². The minimum absolute atomic E-state index is 0.667. The van der Waals surface area contributed by atoms with Gasteiger partial charge in [0.2, 0.25) is 0 Å². The maximum atomic E-state index is 4.66. The Bertz CT molecular complexity index is 852. The molecule has 0 radical (unpaired) electrons. The molecule has 0 atom stereocenters. The Morgan fingerprint density at radius 1 is 1.09 bits per heavy atom. The molecule has 3 aromatic heterocycles. The van der Waals surface area contributed by atoms with Gasteiger partial charge in [-0.3, -0.25) is 4.98 Å². The number of rotatable bonds is 3. The molecule has 1 saturated heterocycles. The summed E-state index contributed by atoms with van der Waals surface area (Å²) in [5.41, 5.74) is 3.56. The second-order valence-electron chi connectivity index (χ2n) is 5.78. The fraction of sp³-hybridized carbons (Fsp3) is 0.294. The molecule has 0 unspecified atom stereocenters. The molecule has 0 aliphatic carbocycles. The molecule has 3 aromatic rings. The maximum absolute atomic E-state index is 4.66. The smallest absolute Gasteiger partial charge is 0.177 e. The number of fused-ring (bicyclic) bond motifs is 1. The lowest BCUT2D eigenvalue weighted by Gasteiger charge is -2.32. The first-order valence-electron chi connectivity index (χ1n) is 7.80. The van der Waals surface area contributed by atoms with E-state index in [4.69, 9.17) is 0 Å². The molecule has 0 spiro atoms. The third kappa shape index (κ3) is 2.56. The Morgan fingerprint density at radius 3 is 2.70 bits per heavy atom. The van der Waals surface area contributed by atoms with Crippen molar-refractivity contribution >= 4 is 23.6 Å². The molecule has 6 nitrogen and oxygen atoms in total. The predicted molar refractivity (Wildman–Crippen MR) is 90.3 cm³/mol. The Kier molecular flexibility index (Phi) is 3.29. The van der Waals surface area contributed by atoms with E-state index in [0.717, 1.165) is 41.6 Å². The van der Waals surface area contributed by atoms with E-state index in [1.165, 1.54) is 6.42 Å². The van der Waals surface area contributed by atoms with Crippen molar-refractivity contribution < 1.29 is 0 Å². The van der Waals surface area contributed by atoms with Crippen LogP contribution in [0.15, 0.2) is 24.4 Å². The van der Waals surface area contributed by atoms with Crippen LogP contribution in [0.1, 0.15) is 29.3 Å². The number of aryl methyl sites for hydroxylation is 2. The summed E-state index contributed by atoms with van der Waals surface area (Å²) in [5.74, 6) is 1.71. The summed E-state index contributed by atoms with van der Waals surface area (Å²) >= 11 is 0. The van der Waals surface area contributed by atoms with Gasteiger partial charge >= 0.3 is 0 Å². The normalized spacial score (nSPS) is 14.6. The number of hydrogen-bond donors (Lipinski definition) is 0. The highest BCUT2D eigenvalue weighted by atomic mass is 15.3. The second kappa shape index (κ2) is 5.46. The summed E-state index contributed by atoms with van der Waals surface area (Å²) in [6.07, 6.45) is 6.91. The highest BCUT2D eigenvalue weighted by Crippen LogP contribution is 2.18. The van der Waals surface area contributed by atoms with Gasteiger partial charge in [-0.1, -0.05) is 6.07 Å². The van der Waals surface area contributed by atoms with Gasteiger partial charge in [0.15, 0.2) is 11.5 Å². The molecule has 1 aliphatic heterocycles. The summed E-state index contributed by atoms with van der Waals surface area (Å²) in [6, 6.07) is 6.08. The van der Waals surface area contributed by atoms with Gasteiger partial charge in [-0.15, -0.1) is 5.10 Å². The van der Waals surface area contributed by atoms with Crippen LogP contribution in [0.25, 0.3) is 17.8 Å². The van der Waals surface area contributed by atoms with Gasteiger partial charge in [0.05, 0.1) is 17.1 Å². The molecule has 23 heavy (non-hydrogen) atoms. The van der Waals surface area contributed by atoms with Crippen LogP contribution in [0.2, 0.25) is 0 Å². The van der Waals surface area contributed by atoms with E-state index >= 15 is 0 Å². The van der Waals surface area contributed by atoms with Crippen LogP contribution >= 0.6 is 0 Å². The van der Waals surface area contributed by atoms with Gasteiger partial charge in [-0.05, 0) is 44.6 Å². The predicted octanol–water partition coefficient (Wildman–Crippen LogP) is 2.52. The molecule has 4 rings (SSSR count). The summed E-state index contributed by atoms with van der Waals surface area (Å²) in [7, 11) is 0. The molecule has 0 bridgehead atoms. The van der Waals surface area contributed by atoms with Crippen molar-refractivity contribution in [2.45, 2.75) is 20.3 Å². The van der Waals surface area contributed by atoms with Crippen molar-refractivity contribution in [3.05, 3.63) is 47.3 Å². The fourth-order valence-electron chi connectivity index (χ4n) is 2.60. The van der Waals surface area contributed by atoms with Crippen LogP contribution in [-0.2, 0) is 0 Å². The molecule has 0 amide bonds. The Hall–Kier alpha value is -2.76. The third-order valence-electron chi connectivity index (χ3n) is 4.07. The SMILES string of the molecule is Cc1ncc(C)n2nc(C=Cc3cccc(N4CCC4)n3)nc12. The van der Waals surface area contributed by atoms with Crippen molar-refractivity contribution in [2.24, 2.45) is 0 Å². The average molecular weight is 306 g/mol. The van der Waals surface area contributed by atoms with Crippen LogP contribution in [0.5, 0.6) is 0 Å². The minimum atomic E-state index is 0.667. The van der Waals surface area contributed by atoms with Gasteiger partial charge < -0.3 is 4.90 Å². The summed E-state index contributed by atoms with van der Waals surface area (Å²) in [4.78, 5) is 15.8. The van der Waals surface area contributed by atoms with Crippen LogP contribution in [0.3, 0.4) is 0 Å². The first-order chi connectivity index (χ1) is 11.2. The van der Waals surface area contributed by atoms with Crippen LogP contribution in [-0.4, -0.2) is 37.7 Å². The second-order valence-corrected chi connectivity index (χ2v) is 5.78. The van der Waals surface area contributed by atoms with E-state index in [9.17, 15) is 0 Å². The van der Waals surface area contributed by atoms with Crippen LogP contribution in [0, 0.1) is 13.8 Å². The van der Waals surface area contributed by atoms with Crippen molar-refractivity contribution in [1.29, 1.82) is 0 Å². The summed E-state index contributed by atoms with van der Waals surface area (Å²) in [6.45, 7) is 6.11. The lowest BCUT2D eigenvalue weighted by molar-refractivity contribution is 0.609. The number of nitrogens with zero attached hydrogens (tertiary/aromatic N) is 6. The van der Waals surface area contributed by atoms with Crippen molar-refractivity contribution in [1.82, 2.24) is 24.6 Å². The van der Waals surface area contributed by atoms with Crippen LogP contribution in [0.4, 0.5) is 5.82 Å². The molecule has 4 heterocycles. The molecule has 0 saturated carbocycles. The van der Waals surface area contributed by atoms with Crippen LogP contribution < -0.4 is 4.90 Å². The molecule has 6 heteroatoms. The topological polar surface area (TPSA) is 59.2 Å². The van der Waals surface area contributed by atoms with E-state index in [2.05, 4.69) is 31.0 Å². The average Bonchev–Trinajstić information content (AvgIpc) is 2.93. The third-order valence-corrected chi connectivity index (χ3v) is 4.07. The first-order valence-corrected chi connectivity index (χ1v) is 7.80. The lowest BCUT2D eigenvalue weighted by atomic mass is 10.2. The van der Waals surface area contributed by atoms with Gasteiger partial charge in [0.1, 0.15) is 5.82 Å². The Balaban J connectivity index is 1.63. The van der Waals surface area contributed by atoms with Gasteiger partial charge in [-0.25, -0.2) is 14.5 Å². The number of hydrogen-bond acceptors (Lipinski definition) is 5. The maximum Gasteiger partial charge on any atom is 0.177 e. The molecule has 116 valence electrons. The van der Waals surface area contributed by atoms with Crippen molar-refractivity contribution in [2.75, 3.05) is 18.0 Å². The van der Waals surface area contributed by atoms with Gasteiger partial charge in [-0.2, -0.15) is 0 Å². The zero-order chi connectivity index (χ0) is 15.8. The fourth-order valence-corrected chi connectivity index (χ4v) is 2.60. The standard InChI is InChI=1S/C17H18N6/c1-12-11-18-13(2)17-20-15(21-23(12)17)8-7-14-5-3-6-16(19-14)22-9-4-10-22/h3,5-8,11H,4,9-10H2,1-2H3. The summed E-state index contributed by atoms with van der Waals surface area (Å²) in [5, 5.41) is 4.51. The number of anilines is 1. The van der Waals surface area contributed by atoms with E-state index in [-0.39, 0.29) is 0 Å². The largest absolute Gasteiger partial charge is 0.356 e. The molecule has 0 N–H and O–H groups in total. The highest BCUT2D eigenvalue weighted by molar-refractivity contribution is 5.66. The van der Waals surface area contributed by atoms with Gasteiger partial charge in [0, 0.05) is 19.3 Å². The minimum Gasteiger partial charge on any atom is -0.356 e. The lowest BCUT2D eigenvalue weighted by Crippen LogP contribution is -2.37. The number of aromatic nitrogens is 5. The molecule has 1 fully saturated rings. The summed E-state index contributed by atoms with van der Waals surface area (Å²) < 4.78 is 1.83. The van der Waals surface area contributed by atoms with Crippen molar-refractivity contribution in [3.8, 4) is 0 Å². The van der Waals surface area contributed by atoms with E-state index in [0.29, 0.717) is 5.82 Å². The quantitative estimate of drug-likeness (QED) is 0.744. The molecule has 0 aromatic carbocycles. The monoisotopic (exact) mass is 306 g/mol. The van der Waals surface area contributed by atoms with Crippen molar-refractivity contribution in [3.63, 3.8) is 0 Å². The zero-order valence-corrected chi connectivity index (χ0v) is 13.3.